The smallest absolute Gasteiger partial charge is 0.305 e. The molecular weight excluding hydrogens is 275 g/mol. The van der Waals surface area contributed by atoms with Crippen LogP contribution in [-0.4, -0.2) is 24.3 Å². The average molecular weight is 298 g/mol. The lowest BCUT2D eigenvalue weighted by Gasteiger charge is -2.13. The van der Waals surface area contributed by atoms with Gasteiger partial charge in [0.15, 0.2) is 0 Å². The molecule has 0 bridgehead atoms. The molecule has 1 atom stereocenters. The van der Waals surface area contributed by atoms with Crippen LogP contribution >= 0.6 is 0 Å². The van der Waals surface area contributed by atoms with Gasteiger partial charge in [0.2, 0.25) is 0 Å². The van der Waals surface area contributed by atoms with Crippen LogP contribution in [0.25, 0.3) is 0 Å². The number of carbonyl (C=O) groups is 1. The van der Waals surface area contributed by atoms with Crippen molar-refractivity contribution in [1.82, 2.24) is 0 Å². The quantitative estimate of drug-likeness (QED) is 0.561. The van der Waals surface area contributed by atoms with Crippen molar-refractivity contribution >= 4 is 5.97 Å². The number of ether oxygens (including phenoxy) is 2. The first kappa shape index (κ1) is 17.4. The molecule has 0 radical (unpaired) electrons. The zero-order chi connectivity index (χ0) is 15.7. The van der Waals surface area contributed by atoms with Crippen LogP contribution in [0.2, 0.25) is 0 Å². The highest BCUT2D eigenvalue weighted by Crippen LogP contribution is 2.26. The molecule has 0 aliphatic carbocycles. The molecule has 1 rings (SSSR count). The van der Waals surface area contributed by atoms with Crippen molar-refractivity contribution in [3.63, 3.8) is 0 Å². The first-order valence-corrected chi connectivity index (χ1v) is 7.30. The van der Waals surface area contributed by atoms with Crippen molar-refractivity contribution in [3.05, 3.63) is 29.6 Å². The highest BCUT2D eigenvalue weighted by Gasteiger charge is 2.10. The van der Waals surface area contributed by atoms with Gasteiger partial charge in [0, 0.05) is 12.0 Å². The van der Waals surface area contributed by atoms with Gasteiger partial charge < -0.3 is 14.6 Å². The van der Waals surface area contributed by atoms with E-state index in [1.165, 1.54) is 18.2 Å². The van der Waals surface area contributed by atoms with E-state index in [0.29, 0.717) is 30.9 Å². The molecule has 0 aliphatic heterocycles. The fourth-order valence-corrected chi connectivity index (χ4v) is 1.94. The predicted octanol–water partition coefficient (Wildman–Crippen LogP) is 3.38. The third-order valence-electron chi connectivity index (χ3n) is 3.01. The summed E-state index contributed by atoms with van der Waals surface area (Å²) < 4.78 is 23.5. The molecule has 21 heavy (non-hydrogen) atoms. The van der Waals surface area contributed by atoms with Crippen LogP contribution in [0.4, 0.5) is 4.39 Å². The van der Waals surface area contributed by atoms with E-state index in [-0.39, 0.29) is 5.97 Å². The van der Waals surface area contributed by atoms with Crippen molar-refractivity contribution in [3.8, 4) is 5.75 Å². The third-order valence-corrected chi connectivity index (χ3v) is 3.01. The lowest BCUT2D eigenvalue weighted by molar-refractivity contribution is -0.143. The molecule has 0 amide bonds. The summed E-state index contributed by atoms with van der Waals surface area (Å²) in [4.78, 5) is 11.1. The second-order valence-corrected chi connectivity index (χ2v) is 4.82. The number of carbonyl (C=O) groups excluding carboxylic acids is 1. The van der Waals surface area contributed by atoms with Crippen LogP contribution in [0.3, 0.4) is 0 Å². The molecule has 118 valence electrons. The molecule has 0 saturated heterocycles. The SMILES string of the molecule is CCOC(=O)CCCCCOc1ccc(F)cc1[C@@H](C)O. The summed E-state index contributed by atoms with van der Waals surface area (Å²) >= 11 is 0. The van der Waals surface area contributed by atoms with Gasteiger partial charge in [-0.2, -0.15) is 0 Å². The zero-order valence-corrected chi connectivity index (χ0v) is 12.6. The van der Waals surface area contributed by atoms with E-state index in [1.54, 1.807) is 13.8 Å². The Kier molecular flexibility index (Phi) is 7.75. The summed E-state index contributed by atoms with van der Waals surface area (Å²) in [6, 6.07) is 4.11. The second kappa shape index (κ2) is 9.34. The van der Waals surface area contributed by atoms with Crippen molar-refractivity contribution < 1.29 is 23.8 Å². The van der Waals surface area contributed by atoms with Crippen molar-refractivity contribution in [2.75, 3.05) is 13.2 Å². The van der Waals surface area contributed by atoms with Crippen LogP contribution in [-0.2, 0) is 9.53 Å². The Morgan fingerprint density at radius 2 is 2.10 bits per heavy atom. The second-order valence-electron chi connectivity index (χ2n) is 4.82. The van der Waals surface area contributed by atoms with Gasteiger partial charge in [0.05, 0.1) is 19.3 Å². The highest BCUT2D eigenvalue weighted by molar-refractivity contribution is 5.69. The minimum Gasteiger partial charge on any atom is -0.493 e. The van der Waals surface area contributed by atoms with E-state index in [1.807, 2.05) is 0 Å². The summed E-state index contributed by atoms with van der Waals surface area (Å²) in [5.74, 6) is -0.0715. The zero-order valence-electron chi connectivity index (χ0n) is 12.6. The molecule has 1 N–H and O–H groups in total. The molecule has 5 heteroatoms. The van der Waals surface area contributed by atoms with Gasteiger partial charge in [-0.1, -0.05) is 0 Å². The van der Waals surface area contributed by atoms with Gasteiger partial charge in [-0.05, 0) is 51.3 Å². The molecule has 0 spiro atoms. The van der Waals surface area contributed by atoms with E-state index in [2.05, 4.69) is 0 Å². The number of aliphatic hydroxyl groups is 1. The maximum absolute atomic E-state index is 13.1. The number of hydrogen-bond acceptors (Lipinski definition) is 4. The van der Waals surface area contributed by atoms with Crippen LogP contribution in [0.5, 0.6) is 5.75 Å². The Morgan fingerprint density at radius 3 is 2.76 bits per heavy atom. The Labute approximate surface area is 124 Å². The summed E-state index contributed by atoms with van der Waals surface area (Å²) in [6.07, 6.45) is 2.04. The Morgan fingerprint density at radius 1 is 1.33 bits per heavy atom. The van der Waals surface area contributed by atoms with Crippen LogP contribution in [0, 0.1) is 5.82 Å². The van der Waals surface area contributed by atoms with Gasteiger partial charge >= 0.3 is 5.97 Å². The maximum atomic E-state index is 13.1. The van der Waals surface area contributed by atoms with Crippen LogP contribution in [0.15, 0.2) is 18.2 Å². The standard InChI is InChI=1S/C16H23FO4/c1-3-20-16(19)7-5-4-6-10-21-15-9-8-13(17)11-14(15)12(2)18/h8-9,11-12,18H,3-7,10H2,1-2H3/t12-/m1/s1. The van der Waals surface area contributed by atoms with Crippen LogP contribution < -0.4 is 4.74 Å². The van der Waals surface area contributed by atoms with E-state index >= 15 is 0 Å². The van der Waals surface area contributed by atoms with Crippen molar-refractivity contribution in [2.45, 2.75) is 45.6 Å². The number of rotatable bonds is 9. The molecule has 1 aromatic carbocycles. The predicted molar refractivity (Wildman–Crippen MR) is 77.6 cm³/mol. The molecule has 0 heterocycles. The topological polar surface area (TPSA) is 55.8 Å². The summed E-state index contributed by atoms with van der Waals surface area (Å²) in [5.41, 5.74) is 0.446. The Balaban J connectivity index is 2.28. The molecule has 0 aromatic heterocycles. The van der Waals surface area contributed by atoms with Gasteiger partial charge in [-0.15, -0.1) is 0 Å². The molecule has 0 fully saturated rings. The number of benzene rings is 1. The van der Waals surface area contributed by atoms with Gasteiger partial charge in [0.1, 0.15) is 11.6 Å². The number of esters is 1. The highest BCUT2D eigenvalue weighted by atomic mass is 19.1. The third kappa shape index (κ3) is 6.58. The minimum absolute atomic E-state index is 0.173. The molecule has 0 aliphatic rings. The number of halogens is 1. The number of aliphatic hydroxyl groups excluding tert-OH is 1. The molecule has 1 aromatic rings. The first-order valence-electron chi connectivity index (χ1n) is 7.30. The Bertz CT molecular complexity index is 446. The monoisotopic (exact) mass is 298 g/mol. The van der Waals surface area contributed by atoms with E-state index in [0.717, 1.165) is 19.3 Å². The normalized spacial score (nSPS) is 12.0. The fraction of sp³-hybridized carbons (Fsp3) is 0.562. The van der Waals surface area contributed by atoms with E-state index < -0.39 is 11.9 Å². The number of hydrogen-bond donors (Lipinski definition) is 1. The Hall–Kier alpha value is -1.62. The summed E-state index contributed by atoms with van der Waals surface area (Å²) in [5, 5.41) is 9.58. The van der Waals surface area contributed by atoms with Crippen LogP contribution in [0.1, 0.15) is 51.2 Å². The fourth-order valence-electron chi connectivity index (χ4n) is 1.94. The molecule has 0 saturated carbocycles. The van der Waals surface area contributed by atoms with Crippen molar-refractivity contribution in [1.29, 1.82) is 0 Å². The summed E-state index contributed by atoms with van der Waals surface area (Å²) in [6.45, 7) is 4.23. The molecule has 4 nitrogen and oxygen atoms in total. The lowest BCUT2D eigenvalue weighted by atomic mass is 10.1. The largest absolute Gasteiger partial charge is 0.493 e. The van der Waals surface area contributed by atoms with Gasteiger partial charge in [-0.3, -0.25) is 4.79 Å². The average Bonchev–Trinajstić information content (AvgIpc) is 2.44. The first-order chi connectivity index (χ1) is 10.0. The molecular formula is C16H23FO4. The van der Waals surface area contributed by atoms with E-state index in [9.17, 15) is 14.3 Å². The van der Waals surface area contributed by atoms with Crippen molar-refractivity contribution in [2.24, 2.45) is 0 Å². The van der Waals surface area contributed by atoms with Gasteiger partial charge in [-0.25, -0.2) is 4.39 Å². The van der Waals surface area contributed by atoms with E-state index in [4.69, 9.17) is 9.47 Å². The minimum atomic E-state index is -0.778. The number of unbranched alkanes of at least 4 members (excludes halogenated alkanes) is 2. The molecule has 0 unspecified atom stereocenters. The van der Waals surface area contributed by atoms with Gasteiger partial charge in [0.25, 0.3) is 0 Å². The lowest BCUT2D eigenvalue weighted by Crippen LogP contribution is -2.05. The summed E-state index contributed by atoms with van der Waals surface area (Å²) in [7, 11) is 0. The maximum Gasteiger partial charge on any atom is 0.305 e.